The lowest BCUT2D eigenvalue weighted by Gasteiger charge is -2.17. The first-order valence-electron chi connectivity index (χ1n) is 6.82. The van der Waals surface area contributed by atoms with E-state index in [1.807, 2.05) is 0 Å². The second kappa shape index (κ2) is 9.36. The molecule has 0 bridgehead atoms. The van der Waals surface area contributed by atoms with E-state index < -0.39 is 4.92 Å². The number of likely N-dealkylation sites (N-methyl/N-ethyl adjacent to an activating group) is 1. The summed E-state index contributed by atoms with van der Waals surface area (Å²) in [6.45, 7) is 6.98. The number of thioether (sulfide) groups is 1. The molecule has 0 saturated heterocycles. The minimum atomic E-state index is -0.450. The zero-order valence-corrected chi connectivity index (χ0v) is 13.1. The highest BCUT2D eigenvalue weighted by molar-refractivity contribution is 8.00. The Balaban J connectivity index is 2.38. The fraction of sp³-hybridized carbons (Fsp3) is 0.500. The van der Waals surface area contributed by atoms with Gasteiger partial charge in [0.2, 0.25) is 0 Å². The van der Waals surface area contributed by atoms with E-state index in [9.17, 15) is 14.9 Å². The molecule has 1 aromatic rings. The number of carbonyl (C=O) groups is 1. The Morgan fingerprint density at radius 3 is 2.62 bits per heavy atom. The molecular formula is C14H20N2O4S. The maximum atomic E-state index is 11.6. The maximum Gasteiger partial charge on any atom is 0.316 e. The van der Waals surface area contributed by atoms with Crippen LogP contribution in [0.4, 0.5) is 5.69 Å². The third kappa shape index (κ3) is 6.14. The van der Waals surface area contributed by atoms with E-state index in [-0.39, 0.29) is 17.4 Å². The summed E-state index contributed by atoms with van der Waals surface area (Å²) in [4.78, 5) is 24.7. The Morgan fingerprint density at radius 2 is 2.00 bits per heavy atom. The second-order valence-corrected chi connectivity index (χ2v) is 5.28. The third-order valence-corrected chi connectivity index (χ3v) is 4.01. The number of ether oxygens (including phenoxy) is 1. The fourth-order valence-electron chi connectivity index (χ4n) is 1.74. The number of nitro benzene ring substituents is 1. The highest BCUT2D eigenvalue weighted by atomic mass is 32.2. The quantitative estimate of drug-likeness (QED) is 0.302. The van der Waals surface area contributed by atoms with Crippen LogP contribution in [0.25, 0.3) is 0 Å². The molecule has 0 spiro atoms. The Hall–Kier alpha value is -1.60. The average Bonchev–Trinajstić information content (AvgIpc) is 2.49. The number of rotatable bonds is 9. The number of carbonyl (C=O) groups excluding carboxylic acids is 1. The molecule has 0 heterocycles. The van der Waals surface area contributed by atoms with Crippen LogP contribution in [0.3, 0.4) is 0 Å². The number of hydrogen-bond acceptors (Lipinski definition) is 6. The summed E-state index contributed by atoms with van der Waals surface area (Å²) in [5.41, 5.74) is 0.0124. The molecule has 0 aliphatic heterocycles. The van der Waals surface area contributed by atoms with Crippen molar-refractivity contribution in [3.63, 3.8) is 0 Å². The molecule has 0 fully saturated rings. The largest absolute Gasteiger partial charge is 0.464 e. The number of benzene rings is 1. The van der Waals surface area contributed by atoms with E-state index in [0.29, 0.717) is 18.0 Å². The molecular weight excluding hydrogens is 292 g/mol. The van der Waals surface area contributed by atoms with Gasteiger partial charge in [0, 0.05) is 12.6 Å². The van der Waals surface area contributed by atoms with Crippen LogP contribution < -0.4 is 0 Å². The van der Waals surface area contributed by atoms with Gasteiger partial charge in [-0.1, -0.05) is 26.0 Å². The van der Waals surface area contributed by atoms with Gasteiger partial charge >= 0.3 is 5.97 Å². The highest BCUT2D eigenvalue weighted by Gasteiger charge is 2.14. The predicted molar refractivity (Wildman–Crippen MR) is 82.6 cm³/mol. The first kappa shape index (κ1) is 17.5. The molecule has 1 rings (SSSR count). The van der Waals surface area contributed by atoms with Crippen LogP contribution in [-0.4, -0.2) is 47.8 Å². The SMILES string of the molecule is CCN(CC)CCOC(=O)CSc1ccccc1[N+](=O)[O-]. The Bertz CT molecular complexity index is 478. The molecule has 0 aliphatic carbocycles. The lowest BCUT2D eigenvalue weighted by Crippen LogP contribution is -2.28. The Labute approximate surface area is 128 Å². The van der Waals surface area contributed by atoms with Crippen LogP contribution in [-0.2, 0) is 9.53 Å². The van der Waals surface area contributed by atoms with Crippen molar-refractivity contribution in [2.24, 2.45) is 0 Å². The molecule has 0 N–H and O–H groups in total. The number of nitrogens with zero attached hydrogens (tertiary/aromatic N) is 2. The van der Waals surface area contributed by atoms with Gasteiger partial charge in [-0.3, -0.25) is 14.9 Å². The predicted octanol–water partition coefficient (Wildman–Crippen LogP) is 2.57. The molecule has 21 heavy (non-hydrogen) atoms. The van der Waals surface area contributed by atoms with Gasteiger partial charge < -0.3 is 9.64 Å². The van der Waals surface area contributed by atoms with E-state index in [2.05, 4.69) is 18.7 Å². The Morgan fingerprint density at radius 1 is 1.33 bits per heavy atom. The zero-order valence-electron chi connectivity index (χ0n) is 12.3. The summed E-state index contributed by atoms with van der Waals surface area (Å²) in [6, 6.07) is 6.37. The van der Waals surface area contributed by atoms with E-state index in [4.69, 9.17) is 4.74 Å². The smallest absolute Gasteiger partial charge is 0.316 e. The number of esters is 1. The van der Waals surface area contributed by atoms with Crippen molar-refractivity contribution in [1.82, 2.24) is 4.90 Å². The highest BCUT2D eigenvalue weighted by Crippen LogP contribution is 2.28. The van der Waals surface area contributed by atoms with Crippen molar-refractivity contribution in [1.29, 1.82) is 0 Å². The van der Waals surface area contributed by atoms with Crippen LogP contribution in [0, 0.1) is 10.1 Å². The molecule has 0 saturated carbocycles. The van der Waals surface area contributed by atoms with E-state index >= 15 is 0 Å². The van der Waals surface area contributed by atoms with Gasteiger partial charge in [-0.05, 0) is 19.2 Å². The second-order valence-electron chi connectivity index (χ2n) is 4.26. The third-order valence-electron chi connectivity index (χ3n) is 2.97. The van der Waals surface area contributed by atoms with Crippen molar-refractivity contribution >= 4 is 23.4 Å². The average molecular weight is 312 g/mol. The summed E-state index contributed by atoms with van der Waals surface area (Å²) in [5.74, 6) is -0.284. The molecule has 7 heteroatoms. The van der Waals surface area contributed by atoms with Crippen molar-refractivity contribution in [2.75, 3.05) is 32.0 Å². The first-order chi connectivity index (χ1) is 10.1. The number of para-hydroxylation sites is 1. The van der Waals surface area contributed by atoms with Crippen molar-refractivity contribution in [3.8, 4) is 0 Å². The van der Waals surface area contributed by atoms with Crippen LogP contribution in [0.1, 0.15) is 13.8 Å². The van der Waals surface area contributed by atoms with E-state index in [1.165, 1.54) is 6.07 Å². The topological polar surface area (TPSA) is 72.7 Å². The summed E-state index contributed by atoms with van der Waals surface area (Å²) < 4.78 is 5.13. The summed E-state index contributed by atoms with van der Waals surface area (Å²) in [5, 5.41) is 10.9. The van der Waals surface area contributed by atoms with Crippen molar-refractivity contribution in [2.45, 2.75) is 18.7 Å². The van der Waals surface area contributed by atoms with E-state index in [1.54, 1.807) is 18.2 Å². The normalized spacial score (nSPS) is 10.6. The zero-order chi connectivity index (χ0) is 15.7. The summed E-state index contributed by atoms with van der Waals surface area (Å²) >= 11 is 1.12. The monoisotopic (exact) mass is 312 g/mol. The van der Waals surface area contributed by atoms with E-state index in [0.717, 1.165) is 24.9 Å². The molecule has 0 aromatic heterocycles. The first-order valence-corrected chi connectivity index (χ1v) is 7.81. The standard InChI is InChI=1S/C14H20N2O4S/c1-3-15(4-2)9-10-20-14(17)11-21-13-8-6-5-7-12(13)16(18)19/h5-8H,3-4,9-11H2,1-2H3. The van der Waals surface area contributed by atoms with Gasteiger partial charge in [-0.25, -0.2) is 0 Å². The minimum Gasteiger partial charge on any atom is -0.464 e. The van der Waals surface area contributed by atoms with Gasteiger partial charge in [-0.2, -0.15) is 0 Å². The molecule has 0 aliphatic rings. The Kier molecular flexibility index (Phi) is 7.78. The van der Waals surface area contributed by atoms with Gasteiger partial charge in [0.15, 0.2) is 0 Å². The molecule has 0 atom stereocenters. The molecule has 0 amide bonds. The lowest BCUT2D eigenvalue weighted by molar-refractivity contribution is -0.387. The van der Waals surface area contributed by atoms with Gasteiger partial charge in [-0.15, -0.1) is 11.8 Å². The minimum absolute atomic E-state index is 0.0124. The molecule has 1 aromatic carbocycles. The van der Waals surface area contributed by atoms with Gasteiger partial charge in [0.05, 0.1) is 15.6 Å². The fourth-order valence-corrected chi connectivity index (χ4v) is 2.56. The van der Waals surface area contributed by atoms with Crippen molar-refractivity contribution < 1.29 is 14.5 Å². The van der Waals surface area contributed by atoms with Crippen LogP contribution in [0.5, 0.6) is 0 Å². The van der Waals surface area contributed by atoms with Crippen LogP contribution >= 0.6 is 11.8 Å². The molecule has 0 unspecified atom stereocenters. The van der Waals surface area contributed by atoms with Crippen molar-refractivity contribution in [3.05, 3.63) is 34.4 Å². The lowest BCUT2D eigenvalue weighted by atomic mass is 10.3. The van der Waals surface area contributed by atoms with Crippen LogP contribution in [0.2, 0.25) is 0 Å². The number of nitro groups is 1. The molecule has 0 radical (unpaired) electrons. The van der Waals surface area contributed by atoms with Gasteiger partial charge in [0.1, 0.15) is 6.61 Å². The van der Waals surface area contributed by atoms with Gasteiger partial charge in [0.25, 0.3) is 5.69 Å². The molecule has 116 valence electrons. The molecule has 6 nitrogen and oxygen atoms in total. The summed E-state index contributed by atoms with van der Waals surface area (Å²) in [7, 11) is 0. The van der Waals surface area contributed by atoms with Crippen LogP contribution in [0.15, 0.2) is 29.2 Å². The summed E-state index contributed by atoms with van der Waals surface area (Å²) in [6.07, 6.45) is 0. The maximum absolute atomic E-state index is 11.6. The number of hydrogen-bond donors (Lipinski definition) is 0.